The molecule has 3 atom stereocenters. The molecule has 3 amide bonds. The Kier molecular flexibility index (Phi) is 7.67. The van der Waals surface area contributed by atoms with Crippen molar-refractivity contribution in [2.45, 2.75) is 85.0 Å². The molecule has 0 bridgehead atoms. The zero-order valence-corrected chi connectivity index (χ0v) is 18.7. The number of carbonyl (C=O) groups is 4. The van der Waals surface area contributed by atoms with Gasteiger partial charge >= 0.3 is 12.1 Å². The lowest BCUT2D eigenvalue weighted by molar-refractivity contribution is -0.151. The average Bonchev–Trinajstić information content (AvgIpc) is 3.04. The minimum atomic E-state index is -1.05. The van der Waals surface area contributed by atoms with Crippen LogP contribution in [0.15, 0.2) is 0 Å². The van der Waals surface area contributed by atoms with E-state index in [1.165, 1.54) is 16.8 Å². The summed E-state index contributed by atoms with van der Waals surface area (Å²) in [7, 11) is 1.45. The van der Waals surface area contributed by atoms with Gasteiger partial charge in [-0.25, -0.2) is 9.59 Å². The van der Waals surface area contributed by atoms with Gasteiger partial charge in [-0.1, -0.05) is 20.8 Å². The number of carboxylic acids is 1. The molecule has 0 aromatic rings. The molecule has 0 radical (unpaired) electrons. The molecule has 1 fully saturated rings. The van der Waals surface area contributed by atoms with E-state index in [1.54, 1.807) is 48.5 Å². The lowest BCUT2D eigenvalue weighted by Gasteiger charge is -2.36. The molecule has 0 unspecified atom stereocenters. The third-order valence-corrected chi connectivity index (χ3v) is 4.86. The monoisotopic (exact) mass is 413 g/mol. The van der Waals surface area contributed by atoms with Crippen molar-refractivity contribution in [2.75, 3.05) is 13.6 Å². The molecule has 1 aliphatic heterocycles. The first kappa shape index (κ1) is 24.7. The van der Waals surface area contributed by atoms with E-state index in [2.05, 4.69) is 5.32 Å². The van der Waals surface area contributed by atoms with Gasteiger partial charge < -0.3 is 20.1 Å². The number of nitrogens with one attached hydrogen (secondary N) is 1. The molecule has 2 N–H and O–H groups in total. The molecule has 1 saturated heterocycles. The van der Waals surface area contributed by atoms with Gasteiger partial charge in [0.2, 0.25) is 11.8 Å². The van der Waals surface area contributed by atoms with E-state index in [0.717, 1.165) is 0 Å². The molecule has 29 heavy (non-hydrogen) atoms. The number of aliphatic carboxylic acids is 1. The fraction of sp³-hybridized carbons (Fsp3) is 0.800. The van der Waals surface area contributed by atoms with Gasteiger partial charge in [0.1, 0.15) is 23.7 Å². The fourth-order valence-electron chi connectivity index (χ4n) is 3.03. The number of amides is 3. The Bertz CT molecular complexity index is 650. The van der Waals surface area contributed by atoms with Crippen LogP contribution in [-0.2, 0) is 19.1 Å². The van der Waals surface area contributed by atoms with E-state index in [4.69, 9.17) is 4.74 Å². The molecule has 0 aromatic carbocycles. The van der Waals surface area contributed by atoms with Crippen LogP contribution in [0, 0.1) is 5.41 Å². The van der Waals surface area contributed by atoms with Crippen LogP contribution in [0.25, 0.3) is 0 Å². The summed E-state index contributed by atoms with van der Waals surface area (Å²) >= 11 is 0. The van der Waals surface area contributed by atoms with Crippen molar-refractivity contribution in [3.8, 4) is 0 Å². The standard InChI is InChI=1S/C20H35N3O6/c1-12(22(8)18(28)29-20(5,6)7)15(24)21-14(19(2,3)4)16(25)23-11-9-10-13(23)17(26)27/h12-14H,9-11H2,1-8H3,(H,21,24)(H,26,27)/t12-,13-,14+/m0/s1. The topological polar surface area (TPSA) is 116 Å². The zero-order valence-electron chi connectivity index (χ0n) is 18.7. The molecule has 0 saturated carbocycles. The molecular weight excluding hydrogens is 378 g/mol. The second-order valence-electron chi connectivity index (χ2n) is 9.60. The van der Waals surface area contributed by atoms with E-state index < -0.39 is 53.0 Å². The van der Waals surface area contributed by atoms with Crippen LogP contribution < -0.4 is 5.32 Å². The number of rotatable bonds is 5. The molecule has 0 aliphatic carbocycles. The van der Waals surface area contributed by atoms with Crippen molar-refractivity contribution in [3.05, 3.63) is 0 Å². The Morgan fingerprint density at radius 1 is 1.14 bits per heavy atom. The Morgan fingerprint density at radius 2 is 1.69 bits per heavy atom. The minimum Gasteiger partial charge on any atom is -0.480 e. The molecule has 166 valence electrons. The summed E-state index contributed by atoms with van der Waals surface area (Å²) in [4.78, 5) is 52.1. The molecule has 9 nitrogen and oxygen atoms in total. The normalized spacial score (nSPS) is 19.3. The van der Waals surface area contributed by atoms with Crippen molar-refractivity contribution in [3.63, 3.8) is 0 Å². The Labute approximate surface area is 172 Å². The number of hydrogen-bond donors (Lipinski definition) is 2. The maximum absolute atomic E-state index is 13.1. The molecule has 9 heteroatoms. The van der Waals surface area contributed by atoms with Crippen LogP contribution in [0.3, 0.4) is 0 Å². The lowest BCUT2D eigenvalue weighted by Crippen LogP contribution is -2.59. The van der Waals surface area contributed by atoms with Gasteiger partial charge in [-0.3, -0.25) is 14.5 Å². The highest BCUT2D eigenvalue weighted by Gasteiger charge is 2.42. The van der Waals surface area contributed by atoms with Crippen LogP contribution >= 0.6 is 0 Å². The highest BCUT2D eigenvalue weighted by molar-refractivity contribution is 5.93. The average molecular weight is 414 g/mol. The van der Waals surface area contributed by atoms with Gasteiger partial charge in [0.25, 0.3) is 0 Å². The van der Waals surface area contributed by atoms with Crippen molar-refractivity contribution >= 4 is 23.9 Å². The molecule has 1 rings (SSSR count). The quantitative estimate of drug-likeness (QED) is 0.710. The van der Waals surface area contributed by atoms with Gasteiger partial charge in [-0.15, -0.1) is 0 Å². The maximum atomic E-state index is 13.1. The van der Waals surface area contributed by atoms with Gasteiger partial charge in [-0.05, 0) is 46.0 Å². The second kappa shape index (κ2) is 9.00. The number of carboxylic acid groups (broad SMARTS) is 1. The van der Waals surface area contributed by atoms with E-state index in [-0.39, 0.29) is 0 Å². The van der Waals surface area contributed by atoms with Crippen LogP contribution in [0.5, 0.6) is 0 Å². The van der Waals surface area contributed by atoms with E-state index in [1.807, 2.05) is 0 Å². The van der Waals surface area contributed by atoms with Crippen LogP contribution in [0.1, 0.15) is 61.3 Å². The highest BCUT2D eigenvalue weighted by atomic mass is 16.6. The molecule has 0 spiro atoms. The summed E-state index contributed by atoms with van der Waals surface area (Å²) in [5.41, 5.74) is -1.35. The number of nitrogens with zero attached hydrogens (tertiary/aromatic N) is 2. The van der Waals surface area contributed by atoms with Crippen LogP contribution in [0.4, 0.5) is 4.79 Å². The first-order valence-corrected chi connectivity index (χ1v) is 9.85. The summed E-state index contributed by atoms with van der Waals surface area (Å²) in [6.45, 7) is 12.5. The Hall–Kier alpha value is -2.32. The fourth-order valence-corrected chi connectivity index (χ4v) is 3.03. The van der Waals surface area contributed by atoms with Gasteiger partial charge in [0.15, 0.2) is 0 Å². The Morgan fingerprint density at radius 3 is 2.14 bits per heavy atom. The van der Waals surface area contributed by atoms with E-state index >= 15 is 0 Å². The van der Waals surface area contributed by atoms with E-state index in [0.29, 0.717) is 19.4 Å². The SMILES string of the molecule is C[C@@H](C(=O)N[C@H](C(=O)N1CCC[C@H]1C(=O)O)C(C)(C)C)N(C)C(=O)OC(C)(C)C. The van der Waals surface area contributed by atoms with Crippen molar-refractivity contribution < 1.29 is 29.0 Å². The van der Waals surface area contributed by atoms with E-state index in [9.17, 15) is 24.3 Å². The summed E-state index contributed by atoms with van der Waals surface area (Å²) in [5, 5.41) is 12.1. The van der Waals surface area contributed by atoms with Gasteiger partial charge in [0.05, 0.1) is 0 Å². The number of likely N-dealkylation sites (tertiary alicyclic amines) is 1. The minimum absolute atomic E-state index is 0.339. The largest absolute Gasteiger partial charge is 0.480 e. The highest BCUT2D eigenvalue weighted by Crippen LogP contribution is 2.26. The zero-order chi connectivity index (χ0) is 22.7. The smallest absolute Gasteiger partial charge is 0.410 e. The van der Waals surface area contributed by atoms with Crippen LogP contribution in [0.2, 0.25) is 0 Å². The molecule has 0 aromatic heterocycles. The van der Waals surface area contributed by atoms with Crippen molar-refractivity contribution in [1.82, 2.24) is 15.1 Å². The predicted octanol–water partition coefficient (Wildman–Crippen LogP) is 1.85. The number of likely N-dealkylation sites (N-methyl/N-ethyl adjacent to an activating group) is 1. The summed E-state index contributed by atoms with van der Waals surface area (Å²) in [5.74, 6) is -1.99. The number of ether oxygens (including phenoxy) is 1. The third-order valence-electron chi connectivity index (χ3n) is 4.86. The molecular formula is C20H35N3O6. The number of hydrogen-bond acceptors (Lipinski definition) is 5. The first-order chi connectivity index (χ1) is 13.1. The molecule has 1 heterocycles. The Balaban J connectivity index is 2.95. The third kappa shape index (κ3) is 6.61. The first-order valence-electron chi connectivity index (χ1n) is 9.85. The summed E-state index contributed by atoms with van der Waals surface area (Å²) in [6, 6.07) is -2.69. The van der Waals surface area contributed by atoms with Crippen molar-refractivity contribution in [1.29, 1.82) is 0 Å². The lowest BCUT2D eigenvalue weighted by atomic mass is 9.85. The second-order valence-corrected chi connectivity index (χ2v) is 9.60. The number of carbonyl (C=O) groups excluding carboxylic acids is 3. The predicted molar refractivity (Wildman–Crippen MR) is 107 cm³/mol. The maximum Gasteiger partial charge on any atom is 0.410 e. The van der Waals surface area contributed by atoms with Gasteiger partial charge in [-0.2, -0.15) is 0 Å². The van der Waals surface area contributed by atoms with Gasteiger partial charge in [0, 0.05) is 13.6 Å². The van der Waals surface area contributed by atoms with Crippen molar-refractivity contribution in [2.24, 2.45) is 5.41 Å². The summed E-state index contributed by atoms with van der Waals surface area (Å²) < 4.78 is 5.28. The van der Waals surface area contributed by atoms with Crippen LogP contribution in [-0.4, -0.2) is 76.1 Å². The molecule has 1 aliphatic rings. The summed E-state index contributed by atoms with van der Waals surface area (Å²) in [6.07, 6.45) is 0.346.